The molecule has 0 aliphatic heterocycles. The molecule has 0 aromatic carbocycles. The molecule has 1 atom stereocenters. The van der Waals surface area contributed by atoms with Gasteiger partial charge in [-0.05, 0) is 55.7 Å². The first kappa shape index (κ1) is 20.8. The van der Waals surface area contributed by atoms with Crippen molar-refractivity contribution in [1.82, 2.24) is 14.9 Å². The van der Waals surface area contributed by atoms with Crippen molar-refractivity contribution in [3.63, 3.8) is 0 Å². The van der Waals surface area contributed by atoms with Crippen LogP contribution in [0.2, 0.25) is 0 Å². The lowest BCUT2D eigenvalue weighted by Gasteiger charge is -2.17. The van der Waals surface area contributed by atoms with Gasteiger partial charge in [-0.25, -0.2) is 4.98 Å². The number of aryl methyl sites for hydroxylation is 1. The Balaban J connectivity index is 1.47. The Hall–Kier alpha value is -2.06. The molecule has 0 bridgehead atoms. The molecule has 1 unspecified atom stereocenters. The molecule has 1 N–H and O–H groups in total. The molecule has 1 amide bonds. The third kappa shape index (κ3) is 4.32. The summed E-state index contributed by atoms with van der Waals surface area (Å²) in [5.74, 6) is 1.61. The van der Waals surface area contributed by atoms with Crippen LogP contribution in [0.25, 0.3) is 10.2 Å². The van der Waals surface area contributed by atoms with Crippen molar-refractivity contribution in [2.24, 2.45) is 5.92 Å². The fourth-order valence-electron chi connectivity index (χ4n) is 4.68. The number of rotatable bonds is 6. The normalized spacial score (nSPS) is 19.1. The molecule has 0 spiro atoms. The fourth-order valence-corrected chi connectivity index (χ4v) is 6.92. The highest BCUT2D eigenvalue weighted by molar-refractivity contribution is 7.99. The van der Waals surface area contributed by atoms with Crippen LogP contribution >= 0.6 is 23.1 Å². The van der Waals surface area contributed by atoms with E-state index in [1.54, 1.807) is 22.2 Å². The van der Waals surface area contributed by atoms with Crippen LogP contribution in [-0.2, 0) is 24.2 Å². The van der Waals surface area contributed by atoms with Gasteiger partial charge in [0, 0.05) is 10.9 Å². The molecule has 0 radical (unpaired) electrons. The molecular weight excluding hydrogens is 430 g/mol. The summed E-state index contributed by atoms with van der Waals surface area (Å²) in [6.07, 6.45) is 9.15. The van der Waals surface area contributed by atoms with Crippen LogP contribution in [0.5, 0.6) is 0 Å². The van der Waals surface area contributed by atoms with Gasteiger partial charge in [0.05, 0.1) is 23.9 Å². The van der Waals surface area contributed by atoms with Gasteiger partial charge in [-0.3, -0.25) is 14.2 Å². The predicted octanol–water partition coefficient (Wildman–Crippen LogP) is 4.38. The highest BCUT2D eigenvalue weighted by Gasteiger charge is 2.25. The number of hydrogen-bond donors (Lipinski definition) is 1. The monoisotopic (exact) mass is 457 g/mol. The number of carbonyl (C=O) groups excluding carboxylic acids is 1. The second-order valence-corrected chi connectivity index (χ2v) is 10.8. The van der Waals surface area contributed by atoms with E-state index in [-0.39, 0.29) is 17.2 Å². The summed E-state index contributed by atoms with van der Waals surface area (Å²) in [7, 11) is 0. The van der Waals surface area contributed by atoms with E-state index in [0.29, 0.717) is 29.4 Å². The lowest BCUT2D eigenvalue weighted by atomic mass is 9.89. The lowest BCUT2D eigenvalue weighted by Crippen LogP contribution is -2.34. The second-order valence-electron chi connectivity index (χ2n) is 8.73. The summed E-state index contributed by atoms with van der Waals surface area (Å²) >= 11 is 2.99. The Morgan fingerprint density at radius 2 is 2.19 bits per heavy atom. The zero-order valence-electron chi connectivity index (χ0n) is 17.7. The van der Waals surface area contributed by atoms with Gasteiger partial charge in [-0.2, -0.15) is 0 Å². The van der Waals surface area contributed by atoms with Crippen molar-refractivity contribution < 1.29 is 9.21 Å². The standard InChI is InChI=1S/C23H27N3O3S2/c1-14-8-9-17-18(11-14)31-21-20(17)22(28)26(12-16-7-4-10-29-16)23(25-21)30-13-19(27)24-15-5-2-3-6-15/h4,7,10,14-15H,2-3,5-6,8-9,11-13H2,1H3,(H,24,27). The highest BCUT2D eigenvalue weighted by Crippen LogP contribution is 2.36. The number of carbonyl (C=O) groups is 1. The van der Waals surface area contributed by atoms with Crippen molar-refractivity contribution in [3.8, 4) is 0 Å². The summed E-state index contributed by atoms with van der Waals surface area (Å²) in [4.78, 5) is 33.0. The average Bonchev–Trinajstić information content (AvgIpc) is 3.49. The van der Waals surface area contributed by atoms with Crippen molar-refractivity contribution in [2.75, 3.05) is 5.75 Å². The van der Waals surface area contributed by atoms with Crippen molar-refractivity contribution in [1.29, 1.82) is 0 Å². The number of nitrogens with zero attached hydrogens (tertiary/aromatic N) is 2. The van der Waals surface area contributed by atoms with E-state index in [1.165, 1.54) is 35.0 Å². The Morgan fingerprint density at radius 3 is 2.97 bits per heavy atom. The van der Waals surface area contributed by atoms with Gasteiger partial charge in [0.1, 0.15) is 10.6 Å². The van der Waals surface area contributed by atoms with Crippen LogP contribution in [0.4, 0.5) is 0 Å². The minimum Gasteiger partial charge on any atom is -0.467 e. The molecule has 0 saturated heterocycles. The molecular formula is C23H27N3O3S2. The van der Waals surface area contributed by atoms with E-state index in [0.717, 1.165) is 42.3 Å². The third-order valence-corrected chi connectivity index (χ3v) is 8.45. The minimum atomic E-state index is -0.0212. The Kier molecular flexibility index (Phi) is 5.93. The van der Waals surface area contributed by atoms with Gasteiger partial charge >= 0.3 is 0 Å². The van der Waals surface area contributed by atoms with Gasteiger partial charge in [0.2, 0.25) is 5.91 Å². The maximum absolute atomic E-state index is 13.6. The molecule has 2 aliphatic rings. The molecule has 3 aromatic heterocycles. The topological polar surface area (TPSA) is 77.1 Å². The van der Waals surface area contributed by atoms with Crippen LogP contribution in [0.3, 0.4) is 0 Å². The van der Waals surface area contributed by atoms with Crippen molar-refractivity contribution >= 4 is 39.2 Å². The summed E-state index contributed by atoms with van der Waals surface area (Å²) in [6.45, 7) is 2.59. The molecule has 3 aromatic rings. The van der Waals surface area contributed by atoms with E-state index in [1.807, 2.05) is 12.1 Å². The maximum Gasteiger partial charge on any atom is 0.263 e. The van der Waals surface area contributed by atoms with Crippen LogP contribution in [0.15, 0.2) is 32.8 Å². The Morgan fingerprint density at radius 1 is 1.35 bits per heavy atom. The highest BCUT2D eigenvalue weighted by atomic mass is 32.2. The molecule has 1 saturated carbocycles. The molecule has 164 valence electrons. The van der Waals surface area contributed by atoms with Gasteiger partial charge in [0.25, 0.3) is 5.56 Å². The minimum absolute atomic E-state index is 0.00935. The van der Waals surface area contributed by atoms with E-state index in [2.05, 4.69) is 12.2 Å². The van der Waals surface area contributed by atoms with E-state index < -0.39 is 0 Å². The van der Waals surface area contributed by atoms with Crippen molar-refractivity contribution in [2.45, 2.75) is 69.6 Å². The van der Waals surface area contributed by atoms with E-state index in [9.17, 15) is 9.59 Å². The molecule has 3 heterocycles. The predicted molar refractivity (Wildman–Crippen MR) is 124 cm³/mol. The summed E-state index contributed by atoms with van der Waals surface area (Å²) in [5, 5.41) is 4.47. The Bertz CT molecular complexity index is 1140. The van der Waals surface area contributed by atoms with E-state index >= 15 is 0 Å². The average molecular weight is 458 g/mol. The molecule has 31 heavy (non-hydrogen) atoms. The third-order valence-electron chi connectivity index (χ3n) is 6.33. The van der Waals surface area contributed by atoms with Crippen LogP contribution in [0.1, 0.15) is 55.2 Å². The van der Waals surface area contributed by atoms with Crippen LogP contribution in [-0.4, -0.2) is 27.3 Å². The summed E-state index contributed by atoms with van der Waals surface area (Å²) < 4.78 is 7.19. The number of nitrogens with one attached hydrogen (secondary N) is 1. The largest absolute Gasteiger partial charge is 0.467 e. The van der Waals surface area contributed by atoms with Gasteiger partial charge in [-0.1, -0.05) is 31.5 Å². The first-order valence-corrected chi connectivity index (χ1v) is 12.9. The van der Waals surface area contributed by atoms with Crippen molar-refractivity contribution in [3.05, 3.63) is 45.0 Å². The smallest absolute Gasteiger partial charge is 0.263 e. The fraction of sp³-hybridized carbons (Fsp3) is 0.522. The van der Waals surface area contributed by atoms with Crippen LogP contribution in [0, 0.1) is 5.92 Å². The van der Waals surface area contributed by atoms with Crippen LogP contribution < -0.4 is 10.9 Å². The zero-order chi connectivity index (χ0) is 21.4. The number of furan rings is 1. The first-order chi connectivity index (χ1) is 15.1. The van der Waals surface area contributed by atoms with Gasteiger partial charge in [0.15, 0.2) is 5.16 Å². The SMILES string of the molecule is CC1CCc2c(sc3nc(SCC(=O)NC4CCCC4)n(Cc4ccco4)c(=O)c23)C1. The number of hydrogen-bond acceptors (Lipinski definition) is 6. The van der Waals surface area contributed by atoms with E-state index in [4.69, 9.17) is 9.40 Å². The molecule has 1 fully saturated rings. The number of thiophene rings is 1. The number of aromatic nitrogens is 2. The summed E-state index contributed by atoms with van der Waals surface area (Å²) in [5.41, 5.74) is 1.16. The molecule has 2 aliphatic carbocycles. The first-order valence-electron chi connectivity index (χ1n) is 11.1. The summed E-state index contributed by atoms with van der Waals surface area (Å²) in [6, 6.07) is 3.98. The number of thioether (sulfide) groups is 1. The molecule has 5 rings (SSSR count). The molecule has 8 heteroatoms. The second kappa shape index (κ2) is 8.82. The lowest BCUT2D eigenvalue weighted by molar-refractivity contribution is -0.119. The number of fused-ring (bicyclic) bond motifs is 3. The molecule has 6 nitrogen and oxygen atoms in total. The Labute approximate surface area is 189 Å². The maximum atomic E-state index is 13.6. The number of amides is 1. The quantitative estimate of drug-likeness (QED) is 0.439. The zero-order valence-corrected chi connectivity index (χ0v) is 19.3. The van der Waals surface area contributed by atoms with Gasteiger partial charge < -0.3 is 9.73 Å². The van der Waals surface area contributed by atoms with Gasteiger partial charge in [-0.15, -0.1) is 11.3 Å².